The van der Waals surface area contributed by atoms with Gasteiger partial charge >= 0.3 is 11.9 Å². The number of nitrogens with zero attached hydrogens (tertiary/aromatic N) is 1. The number of halogens is 1. The standard InChI is InChI=1S/C9H10BrNO6S2/c1-11(4-7(12)17-2)19(15,16)6-3-5(9(13)14)18-8(6)10/h3H,4H2,1-2H3,(H,13,14). The summed E-state index contributed by atoms with van der Waals surface area (Å²) in [5, 5.41) is 8.82. The number of carboxylic acid groups (broad SMARTS) is 1. The van der Waals surface area contributed by atoms with Gasteiger partial charge in [0.05, 0.1) is 10.9 Å². The van der Waals surface area contributed by atoms with Crippen molar-refractivity contribution in [3.8, 4) is 0 Å². The van der Waals surface area contributed by atoms with Gasteiger partial charge in [-0.15, -0.1) is 11.3 Å². The Balaban J connectivity index is 3.13. The fourth-order valence-electron chi connectivity index (χ4n) is 1.13. The molecule has 0 radical (unpaired) electrons. The van der Waals surface area contributed by atoms with Crippen molar-refractivity contribution in [2.45, 2.75) is 4.90 Å². The van der Waals surface area contributed by atoms with Crippen molar-refractivity contribution in [2.24, 2.45) is 0 Å². The molecule has 1 N–H and O–H groups in total. The lowest BCUT2D eigenvalue weighted by molar-refractivity contribution is -0.140. The summed E-state index contributed by atoms with van der Waals surface area (Å²) in [6.07, 6.45) is 0. The quantitative estimate of drug-likeness (QED) is 0.774. The van der Waals surface area contributed by atoms with Gasteiger partial charge in [0.15, 0.2) is 0 Å². The molecule has 0 saturated carbocycles. The number of carbonyl (C=O) groups excluding carboxylic acids is 1. The Kier molecular flexibility index (Phi) is 5.07. The normalized spacial score (nSPS) is 11.6. The monoisotopic (exact) mass is 371 g/mol. The summed E-state index contributed by atoms with van der Waals surface area (Å²) in [6, 6.07) is 1.04. The summed E-state index contributed by atoms with van der Waals surface area (Å²) in [5.41, 5.74) is 0. The molecule has 1 aromatic heterocycles. The Bertz CT molecular complexity index is 608. The molecular formula is C9H10BrNO6S2. The van der Waals surface area contributed by atoms with Gasteiger partial charge in [0.25, 0.3) is 0 Å². The van der Waals surface area contributed by atoms with Gasteiger partial charge in [0, 0.05) is 7.05 Å². The summed E-state index contributed by atoms with van der Waals surface area (Å²) < 4.78 is 29.6. The second-order valence-electron chi connectivity index (χ2n) is 3.39. The Hall–Kier alpha value is -0.970. The lowest BCUT2D eigenvalue weighted by atomic mass is 10.5. The largest absolute Gasteiger partial charge is 0.477 e. The molecule has 0 aliphatic carbocycles. The molecule has 0 spiro atoms. The molecule has 0 atom stereocenters. The molecule has 0 aliphatic heterocycles. The number of esters is 1. The Morgan fingerprint density at radius 2 is 2.11 bits per heavy atom. The van der Waals surface area contributed by atoms with Crippen LogP contribution in [0.3, 0.4) is 0 Å². The van der Waals surface area contributed by atoms with E-state index in [0.717, 1.165) is 28.8 Å². The minimum Gasteiger partial charge on any atom is -0.477 e. The molecule has 1 heterocycles. The van der Waals surface area contributed by atoms with Gasteiger partial charge in [-0.05, 0) is 22.0 Å². The molecule has 10 heteroatoms. The first-order valence-corrected chi connectivity index (χ1v) is 7.81. The molecule has 1 rings (SSSR count). The number of methoxy groups -OCH3 is 1. The summed E-state index contributed by atoms with van der Waals surface area (Å²) in [7, 11) is -1.60. The third kappa shape index (κ3) is 3.53. The van der Waals surface area contributed by atoms with Crippen LogP contribution < -0.4 is 0 Å². The topological polar surface area (TPSA) is 101 Å². The van der Waals surface area contributed by atoms with Gasteiger partial charge in [-0.1, -0.05) is 0 Å². The van der Waals surface area contributed by atoms with Crippen LogP contribution in [0.4, 0.5) is 0 Å². The molecule has 1 aromatic rings. The summed E-state index contributed by atoms with van der Waals surface area (Å²) in [4.78, 5) is 21.6. The Morgan fingerprint density at radius 1 is 1.53 bits per heavy atom. The number of ether oxygens (including phenoxy) is 1. The fourth-order valence-corrected chi connectivity index (χ4v) is 4.60. The van der Waals surface area contributed by atoms with Gasteiger partial charge < -0.3 is 9.84 Å². The minimum absolute atomic E-state index is 0.114. The fraction of sp³-hybridized carbons (Fsp3) is 0.333. The smallest absolute Gasteiger partial charge is 0.345 e. The van der Waals surface area contributed by atoms with Crippen molar-refractivity contribution in [2.75, 3.05) is 20.7 Å². The van der Waals surface area contributed by atoms with Crippen LogP contribution in [0, 0.1) is 0 Å². The molecule has 0 aromatic carbocycles. The number of carbonyl (C=O) groups is 2. The van der Waals surface area contributed by atoms with Crippen molar-refractivity contribution in [3.05, 3.63) is 14.7 Å². The van der Waals surface area contributed by atoms with E-state index in [2.05, 4.69) is 20.7 Å². The highest BCUT2D eigenvalue weighted by Crippen LogP contribution is 2.33. The van der Waals surface area contributed by atoms with E-state index < -0.39 is 28.5 Å². The van der Waals surface area contributed by atoms with E-state index in [-0.39, 0.29) is 13.6 Å². The number of rotatable bonds is 5. The molecule has 0 unspecified atom stereocenters. The second-order valence-corrected chi connectivity index (χ2v) is 7.77. The first-order chi connectivity index (χ1) is 8.70. The third-order valence-corrected chi connectivity index (χ3v) is 6.18. The van der Waals surface area contributed by atoms with Crippen molar-refractivity contribution in [1.29, 1.82) is 0 Å². The van der Waals surface area contributed by atoms with Crippen LogP contribution in [-0.2, 0) is 19.6 Å². The van der Waals surface area contributed by atoms with Crippen LogP contribution in [-0.4, -0.2) is 50.5 Å². The van der Waals surface area contributed by atoms with Crippen LogP contribution in [0.1, 0.15) is 9.67 Å². The van der Waals surface area contributed by atoms with E-state index in [9.17, 15) is 18.0 Å². The molecule has 106 valence electrons. The second kappa shape index (κ2) is 5.99. The lowest BCUT2D eigenvalue weighted by Gasteiger charge is -2.14. The van der Waals surface area contributed by atoms with Crippen molar-refractivity contribution in [3.63, 3.8) is 0 Å². The summed E-state index contributed by atoms with van der Waals surface area (Å²) in [6.45, 7) is -0.455. The van der Waals surface area contributed by atoms with E-state index in [1.54, 1.807) is 0 Å². The number of likely N-dealkylation sites (N-methyl/N-ethyl adjacent to an activating group) is 1. The molecule has 0 amide bonds. The van der Waals surface area contributed by atoms with E-state index in [0.29, 0.717) is 0 Å². The average molecular weight is 372 g/mol. The summed E-state index contributed by atoms with van der Waals surface area (Å²) in [5.74, 6) is -1.93. The molecule has 0 fully saturated rings. The van der Waals surface area contributed by atoms with Crippen LogP contribution >= 0.6 is 27.3 Å². The minimum atomic E-state index is -3.95. The maximum Gasteiger partial charge on any atom is 0.345 e. The molecular weight excluding hydrogens is 362 g/mol. The number of sulfonamides is 1. The van der Waals surface area contributed by atoms with Gasteiger partial charge in [0.2, 0.25) is 10.0 Å². The molecule has 7 nitrogen and oxygen atoms in total. The zero-order chi connectivity index (χ0) is 14.8. The van der Waals surface area contributed by atoms with Gasteiger partial charge in [-0.25, -0.2) is 13.2 Å². The molecule has 0 bridgehead atoms. The van der Waals surface area contributed by atoms with Crippen molar-refractivity contribution in [1.82, 2.24) is 4.31 Å². The van der Waals surface area contributed by atoms with E-state index in [1.165, 1.54) is 7.05 Å². The number of hydrogen-bond acceptors (Lipinski definition) is 6. The number of aromatic carboxylic acids is 1. The van der Waals surface area contributed by atoms with E-state index >= 15 is 0 Å². The van der Waals surface area contributed by atoms with Crippen LogP contribution in [0.2, 0.25) is 0 Å². The Labute approximate surface area is 122 Å². The predicted molar refractivity (Wildman–Crippen MR) is 70.8 cm³/mol. The zero-order valence-electron chi connectivity index (χ0n) is 9.91. The van der Waals surface area contributed by atoms with Crippen LogP contribution in [0.25, 0.3) is 0 Å². The highest BCUT2D eigenvalue weighted by Gasteiger charge is 2.28. The van der Waals surface area contributed by atoms with Gasteiger partial charge in [0.1, 0.15) is 16.3 Å². The predicted octanol–water partition coefficient (Wildman–Crippen LogP) is 1.00. The maximum absolute atomic E-state index is 12.1. The third-order valence-electron chi connectivity index (χ3n) is 2.13. The van der Waals surface area contributed by atoms with Crippen molar-refractivity contribution < 1.29 is 27.9 Å². The first kappa shape index (κ1) is 16.1. The van der Waals surface area contributed by atoms with Crippen LogP contribution in [0.15, 0.2) is 14.7 Å². The molecule has 0 saturated heterocycles. The number of carboxylic acids is 1. The van der Waals surface area contributed by atoms with Gasteiger partial charge in [-0.2, -0.15) is 4.31 Å². The molecule has 19 heavy (non-hydrogen) atoms. The first-order valence-electron chi connectivity index (χ1n) is 4.76. The highest BCUT2D eigenvalue weighted by atomic mass is 79.9. The maximum atomic E-state index is 12.1. The van der Waals surface area contributed by atoms with E-state index in [4.69, 9.17) is 5.11 Å². The number of thiophene rings is 1. The number of hydrogen-bond donors (Lipinski definition) is 1. The van der Waals surface area contributed by atoms with Crippen LogP contribution in [0.5, 0.6) is 0 Å². The molecule has 0 aliphatic rings. The average Bonchev–Trinajstić information content (AvgIpc) is 2.71. The van der Waals surface area contributed by atoms with E-state index in [1.807, 2.05) is 0 Å². The Morgan fingerprint density at radius 3 is 2.53 bits per heavy atom. The van der Waals surface area contributed by atoms with Gasteiger partial charge in [-0.3, -0.25) is 4.79 Å². The summed E-state index contributed by atoms with van der Waals surface area (Å²) >= 11 is 3.79. The van der Waals surface area contributed by atoms with Crippen molar-refractivity contribution >= 4 is 49.2 Å². The zero-order valence-corrected chi connectivity index (χ0v) is 13.1. The lowest BCUT2D eigenvalue weighted by Crippen LogP contribution is -2.32. The SMILES string of the molecule is COC(=O)CN(C)S(=O)(=O)c1cc(C(=O)O)sc1Br. The highest BCUT2D eigenvalue weighted by molar-refractivity contribution is 9.11.